The van der Waals surface area contributed by atoms with Crippen molar-refractivity contribution in [2.24, 2.45) is 0 Å². The van der Waals surface area contributed by atoms with Crippen LogP contribution >= 0.6 is 7.82 Å². The first-order valence-corrected chi connectivity index (χ1v) is 20.4. The largest absolute Gasteiger partial charge is 0.469 e. The summed E-state index contributed by atoms with van der Waals surface area (Å²) in [5, 5.41) is 0. The van der Waals surface area contributed by atoms with Gasteiger partial charge in [0.2, 0.25) is 0 Å². The molecule has 0 saturated carbocycles. The molecule has 0 aromatic carbocycles. The maximum absolute atomic E-state index is 12.3. The summed E-state index contributed by atoms with van der Waals surface area (Å²) in [6.07, 6.45) is 47.4. The topological polar surface area (TPSA) is 119 Å². The molecule has 0 aromatic heterocycles. The number of rotatable bonds is 33. The molecular formula is C41H67O8P. The fourth-order valence-electron chi connectivity index (χ4n) is 4.61. The lowest BCUT2D eigenvalue weighted by Gasteiger charge is -2.18. The first-order chi connectivity index (χ1) is 24.3. The number of allylic oxidation sites excluding steroid dienone is 14. The predicted octanol–water partition coefficient (Wildman–Crippen LogP) is 11.3. The third kappa shape index (κ3) is 38.0. The number of phosphoric acid groups is 1. The van der Waals surface area contributed by atoms with Crippen LogP contribution < -0.4 is 0 Å². The van der Waals surface area contributed by atoms with Crippen molar-refractivity contribution in [1.29, 1.82) is 0 Å². The molecule has 9 heteroatoms. The number of phosphoric ester groups is 1. The van der Waals surface area contributed by atoms with Crippen LogP contribution in [0.2, 0.25) is 0 Å². The second-order valence-electron chi connectivity index (χ2n) is 12.2. The van der Waals surface area contributed by atoms with E-state index in [1.54, 1.807) is 0 Å². The fourth-order valence-corrected chi connectivity index (χ4v) is 4.97. The molecular weight excluding hydrogens is 651 g/mol. The van der Waals surface area contributed by atoms with Crippen molar-refractivity contribution in [1.82, 2.24) is 0 Å². The van der Waals surface area contributed by atoms with Crippen LogP contribution in [0.3, 0.4) is 0 Å². The van der Waals surface area contributed by atoms with Crippen molar-refractivity contribution >= 4 is 19.8 Å². The molecule has 0 rings (SSSR count). The molecule has 284 valence electrons. The van der Waals surface area contributed by atoms with Gasteiger partial charge in [-0.2, -0.15) is 0 Å². The lowest BCUT2D eigenvalue weighted by atomic mass is 10.1. The lowest BCUT2D eigenvalue weighted by molar-refractivity contribution is -0.161. The van der Waals surface area contributed by atoms with Crippen molar-refractivity contribution in [2.45, 2.75) is 148 Å². The van der Waals surface area contributed by atoms with E-state index in [-0.39, 0.29) is 19.4 Å². The number of ether oxygens (including phenoxy) is 2. The Morgan fingerprint density at radius 2 is 0.980 bits per heavy atom. The highest BCUT2D eigenvalue weighted by molar-refractivity contribution is 7.46. The van der Waals surface area contributed by atoms with Crippen LogP contribution in [0.15, 0.2) is 85.1 Å². The third-order valence-corrected chi connectivity index (χ3v) is 7.88. The van der Waals surface area contributed by atoms with Crippen LogP contribution in [-0.2, 0) is 28.2 Å². The zero-order chi connectivity index (χ0) is 36.8. The van der Waals surface area contributed by atoms with Gasteiger partial charge in [-0.1, -0.05) is 131 Å². The van der Waals surface area contributed by atoms with Gasteiger partial charge in [0.25, 0.3) is 0 Å². The van der Waals surface area contributed by atoms with Crippen LogP contribution in [0.5, 0.6) is 0 Å². The van der Waals surface area contributed by atoms with Gasteiger partial charge in [0.1, 0.15) is 6.61 Å². The fraction of sp³-hybridized carbons (Fsp3) is 0.610. The molecule has 8 nitrogen and oxygen atoms in total. The highest BCUT2D eigenvalue weighted by Gasteiger charge is 2.22. The predicted molar refractivity (Wildman–Crippen MR) is 207 cm³/mol. The van der Waals surface area contributed by atoms with Crippen LogP contribution in [0, 0.1) is 0 Å². The van der Waals surface area contributed by atoms with Gasteiger partial charge >= 0.3 is 19.8 Å². The summed E-state index contributed by atoms with van der Waals surface area (Å²) in [4.78, 5) is 42.7. The summed E-state index contributed by atoms with van der Waals surface area (Å²) >= 11 is 0. The monoisotopic (exact) mass is 718 g/mol. The van der Waals surface area contributed by atoms with E-state index in [1.165, 1.54) is 38.5 Å². The Kier molecular flexibility index (Phi) is 34.0. The van der Waals surface area contributed by atoms with Crippen LogP contribution in [0.1, 0.15) is 142 Å². The van der Waals surface area contributed by atoms with E-state index in [1.807, 2.05) is 6.08 Å². The molecule has 1 atom stereocenters. The quantitative estimate of drug-likeness (QED) is 0.0298. The minimum absolute atomic E-state index is 0.126. The van der Waals surface area contributed by atoms with Gasteiger partial charge in [0, 0.05) is 12.8 Å². The van der Waals surface area contributed by atoms with Crippen molar-refractivity contribution in [3.8, 4) is 0 Å². The van der Waals surface area contributed by atoms with Crippen molar-refractivity contribution in [3.05, 3.63) is 85.1 Å². The standard InChI is InChI=1S/C41H67O8P/c1-3-5-7-9-11-13-15-17-19-20-22-24-26-28-30-32-34-36-41(43)49-39(38-48-50(44,45)46)37-47-40(42)35-33-31-29-27-25-23-21-18-16-14-12-10-8-6-4-2/h6,8,12,14,17-19,21-22,24-25,27-28,30,39H,3-5,7,9-11,13,15-16,20,23,26,29,31-38H2,1-2H3,(H2,44,45,46)/b8-6+,14-12+,19-17+,21-18+,24-22+,27-25+,30-28+/t39-/m1/s1. The van der Waals surface area contributed by atoms with Gasteiger partial charge in [-0.3, -0.25) is 14.1 Å². The van der Waals surface area contributed by atoms with Crippen molar-refractivity contribution in [2.75, 3.05) is 13.2 Å². The van der Waals surface area contributed by atoms with Crippen LogP contribution in [0.25, 0.3) is 0 Å². The van der Waals surface area contributed by atoms with E-state index >= 15 is 0 Å². The normalized spacial score (nSPS) is 13.4. The smallest absolute Gasteiger partial charge is 0.462 e. The summed E-state index contributed by atoms with van der Waals surface area (Å²) < 4.78 is 26.2. The average molecular weight is 719 g/mol. The summed E-state index contributed by atoms with van der Waals surface area (Å²) in [5.41, 5.74) is 0. The minimum Gasteiger partial charge on any atom is -0.462 e. The van der Waals surface area contributed by atoms with Gasteiger partial charge in [-0.25, -0.2) is 4.57 Å². The van der Waals surface area contributed by atoms with E-state index in [9.17, 15) is 14.2 Å². The van der Waals surface area contributed by atoms with Gasteiger partial charge in [-0.05, 0) is 83.5 Å². The first-order valence-electron chi connectivity index (χ1n) is 18.9. The molecule has 0 aliphatic heterocycles. The second kappa shape index (κ2) is 36.0. The lowest BCUT2D eigenvalue weighted by Crippen LogP contribution is -2.29. The first kappa shape index (κ1) is 47.2. The van der Waals surface area contributed by atoms with E-state index in [4.69, 9.17) is 19.3 Å². The Balaban J connectivity index is 4.15. The molecule has 0 spiro atoms. The number of carbonyl (C=O) groups excluding carboxylic acids is 2. The van der Waals surface area contributed by atoms with Gasteiger partial charge in [0.15, 0.2) is 6.10 Å². The van der Waals surface area contributed by atoms with E-state index < -0.39 is 32.5 Å². The molecule has 0 fully saturated rings. The number of esters is 2. The Labute approximate surface area is 303 Å². The number of unbranched alkanes of at least 4 members (excludes halogenated alkanes) is 9. The number of hydrogen-bond donors (Lipinski definition) is 2. The highest BCUT2D eigenvalue weighted by atomic mass is 31.2. The van der Waals surface area contributed by atoms with E-state index in [2.05, 4.69) is 97.4 Å². The molecule has 0 saturated heterocycles. The maximum atomic E-state index is 12.3. The van der Waals surface area contributed by atoms with Gasteiger partial charge in [0.05, 0.1) is 6.61 Å². The zero-order valence-electron chi connectivity index (χ0n) is 31.0. The highest BCUT2D eigenvalue weighted by Crippen LogP contribution is 2.35. The summed E-state index contributed by atoms with van der Waals surface area (Å²) in [5.74, 6) is -1.00. The van der Waals surface area contributed by atoms with Crippen molar-refractivity contribution in [3.63, 3.8) is 0 Å². The average Bonchev–Trinajstić information content (AvgIpc) is 3.08. The van der Waals surface area contributed by atoms with E-state index in [0.717, 1.165) is 57.8 Å². The maximum Gasteiger partial charge on any atom is 0.469 e. The summed E-state index contributed by atoms with van der Waals surface area (Å²) in [7, 11) is -4.78. The SMILES string of the molecule is CC/C=C/C/C=C/C/C=C/C/C=C/CCCCC(=O)OC[C@H](COP(=O)(O)O)OC(=O)CCC/C=C/C/C=C/C/C=C/CCCCCCCC. The summed E-state index contributed by atoms with van der Waals surface area (Å²) in [6, 6.07) is 0. The molecule has 0 aliphatic carbocycles. The molecule has 0 heterocycles. The van der Waals surface area contributed by atoms with E-state index in [0.29, 0.717) is 19.3 Å². The Hall–Kier alpha value is -2.77. The summed E-state index contributed by atoms with van der Waals surface area (Å²) in [6.45, 7) is 3.46. The molecule has 0 aliphatic rings. The molecule has 50 heavy (non-hydrogen) atoms. The molecule has 0 aromatic rings. The number of hydrogen-bond acceptors (Lipinski definition) is 6. The number of carbonyl (C=O) groups is 2. The molecule has 2 N–H and O–H groups in total. The van der Waals surface area contributed by atoms with Crippen LogP contribution in [-0.4, -0.2) is 41.0 Å². The Morgan fingerprint density at radius 3 is 1.50 bits per heavy atom. The zero-order valence-corrected chi connectivity index (χ0v) is 31.9. The van der Waals surface area contributed by atoms with Gasteiger partial charge in [-0.15, -0.1) is 0 Å². The second-order valence-corrected chi connectivity index (χ2v) is 13.4. The minimum atomic E-state index is -4.78. The molecule has 0 radical (unpaired) electrons. The third-order valence-electron chi connectivity index (χ3n) is 7.40. The van der Waals surface area contributed by atoms with Crippen LogP contribution in [0.4, 0.5) is 0 Å². The molecule has 0 unspecified atom stereocenters. The van der Waals surface area contributed by atoms with Crippen molar-refractivity contribution < 1.29 is 37.9 Å². The Bertz CT molecular complexity index is 1080. The molecule has 0 bridgehead atoms. The Morgan fingerprint density at radius 1 is 0.540 bits per heavy atom. The van der Waals surface area contributed by atoms with Gasteiger partial charge < -0.3 is 19.3 Å². The molecule has 0 amide bonds.